The summed E-state index contributed by atoms with van der Waals surface area (Å²) < 4.78 is 10.9. The lowest BCUT2D eigenvalue weighted by molar-refractivity contribution is -0.0160. The molecule has 1 aliphatic rings. The Morgan fingerprint density at radius 1 is 1.54 bits per heavy atom. The number of hydrogen-bond donors (Lipinski definition) is 1. The molecule has 0 radical (unpaired) electrons. The van der Waals surface area contributed by atoms with E-state index in [-0.39, 0.29) is 0 Å². The molecule has 0 aliphatic heterocycles. The number of ether oxygens (including phenoxy) is 1. The lowest BCUT2D eigenvalue weighted by atomic mass is 9.96. The Morgan fingerprint density at radius 3 is 3.00 bits per heavy atom. The van der Waals surface area contributed by atoms with Gasteiger partial charge in [0.2, 0.25) is 0 Å². The molecule has 0 unspecified atom stereocenters. The summed E-state index contributed by atoms with van der Waals surface area (Å²) in [6.07, 6.45) is 5.81. The highest BCUT2D eigenvalue weighted by Gasteiger charge is 2.18. The molecule has 2 N–H and O–H groups in total. The van der Waals surface area contributed by atoms with Gasteiger partial charge in [0.15, 0.2) is 0 Å². The van der Waals surface area contributed by atoms with Crippen LogP contribution in [0.2, 0.25) is 0 Å². The summed E-state index contributed by atoms with van der Waals surface area (Å²) >= 11 is 0. The van der Waals surface area contributed by atoms with Crippen LogP contribution in [0.1, 0.15) is 30.6 Å². The first-order valence-corrected chi connectivity index (χ1v) is 4.77. The van der Waals surface area contributed by atoms with Crippen LogP contribution in [0.25, 0.3) is 0 Å². The molecule has 1 saturated carbocycles. The predicted molar refractivity (Wildman–Crippen MR) is 49.0 cm³/mol. The Kier molecular flexibility index (Phi) is 2.66. The molecule has 13 heavy (non-hydrogen) atoms. The molecule has 2 rings (SSSR count). The second-order valence-corrected chi connectivity index (χ2v) is 3.44. The maximum Gasteiger partial charge on any atom is 0.133 e. The van der Waals surface area contributed by atoms with Crippen molar-refractivity contribution in [1.29, 1.82) is 0 Å². The highest BCUT2D eigenvalue weighted by Crippen LogP contribution is 2.23. The van der Waals surface area contributed by atoms with E-state index in [1.807, 2.05) is 6.07 Å². The Balaban J connectivity index is 1.85. The van der Waals surface area contributed by atoms with Gasteiger partial charge in [0.25, 0.3) is 0 Å². The quantitative estimate of drug-likeness (QED) is 0.770. The normalized spacial score (nSPS) is 17.3. The van der Waals surface area contributed by atoms with Gasteiger partial charge >= 0.3 is 0 Å². The second-order valence-electron chi connectivity index (χ2n) is 3.44. The van der Waals surface area contributed by atoms with Crippen LogP contribution in [-0.2, 0) is 17.9 Å². The summed E-state index contributed by atoms with van der Waals surface area (Å²) in [5.74, 6) is 0.884. The Morgan fingerprint density at radius 2 is 2.38 bits per heavy atom. The topological polar surface area (TPSA) is 48.4 Å². The van der Waals surface area contributed by atoms with E-state index in [0.717, 1.165) is 11.3 Å². The third-order valence-electron chi connectivity index (χ3n) is 2.56. The van der Waals surface area contributed by atoms with Crippen LogP contribution >= 0.6 is 0 Å². The van der Waals surface area contributed by atoms with Crippen molar-refractivity contribution in [3.05, 3.63) is 23.7 Å². The standard InChI is InChI=1S/C10H15NO2/c11-6-8-4-5-12-10(8)7-13-9-2-1-3-9/h4-5,9H,1-3,6-7,11H2. The van der Waals surface area contributed by atoms with E-state index in [4.69, 9.17) is 14.9 Å². The summed E-state index contributed by atoms with van der Waals surface area (Å²) in [5.41, 5.74) is 6.59. The number of nitrogens with two attached hydrogens (primary N) is 1. The first-order chi connectivity index (χ1) is 6.40. The van der Waals surface area contributed by atoms with Gasteiger partial charge < -0.3 is 14.9 Å². The van der Waals surface area contributed by atoms with Crippen LogP contribution in [0.5, 0.6) is 0 Å². The van der Waals surface area contributed by atoms with E-state index in [0.29, 0.717) is 19.3 Å². The van der Waals surface area contributed by atoms with Crippen molar-refractivity contribution in [1.82, 2.24) is 0 Å². The van der Waals surface area contributed by atoms with Crippen molar-refractivity contribution in [2.24, 2.45) is 5.73 Å². The van der Waals surface area contributed by atoms with E-state index in [1.165, 1.54) is 19.3 Å². The van der Waals surface area contributed by atoms with Crippen LogP contribution in [-0.4, -0.2) is 6.10 Å². The molecule has 1 aromatic rings. The molecule has 0 bridgehead atoms. The summed E-state index contributed by atoms with van der Waals surface area (Å²) in [6, 6.07) is 1.90. The van der Waals surface area contributed by atoms with Gasteiger partial charge in [0.1, 0.15) is 12.4 Å². The largest absolute Gasteiger partial charge is 0.467 e. The molecule has 3 heteroatoms. The molecule has 1 aliphatic carbocycles. The van der Waals surface area contributed by atoms with Gasteiger partial charge in [-0.2, -0.15) is 0 Å². The zero-order valence-corrected chi connectivity index (χ0v) is 7.66. The van der Waals surface area contributed by atoms with Crippen LogP contribution in [0, 0.1) is 0 Å². The van der Waals surface area contributed by atoms with Gasteiger partial charge in [-0.1, -0.05) is 0 Å². The fourth-order valence-electron chi connectivity index (χ4n) is 1.41. The fraction of sp³-hybridized carbons (Fsp3) is 0.600. The highest BCUT2D eigenvalue weighted by atomic mass is 16.5. The Hall–Kier alpha value is -0.800. The van der Waals surface area contributed by atoms with Gasteiger partial charge in [-0.15, -0.1) is 0 Å². The van der Waals surface area contributed by atoms with Gasteiger partial charge in [0, 0.05) is 12.1 Å². The summed E-state index contributed by atoms with van der Waals surface area (Å²) in [4.78, 5) is 0. The van der Waals surface area contributed by atoms with Crippen molar-refractivity contribution in [2.45, 2.75) is 38.5 Å². The summed E-state index contributed by atoms with van der Waals surface area (Å²) in [5, 5.41) is 0. The zero-order chi connectivity index (χ0) is 9.10. The van der Waals surface area contributed by atoms with Crippen molar-refractivity contribution in [3.63, 3.8) is 0 Å². The minimum Gasteiger partial charge on any atom is -0.467 e. The third-order valence-corrected chi connectivity index (χ3v) is 2.56. The number of furan rings is 1. The Bertz CT molecular complexity index is 266. The lowest BCUT2D eigenvalue weighted by Gasteiger charge is -2.25. The molecule has 72 valence electrons. The maximum atomic E-state index is 5.62. The van der Waals surface area contributed by atoms with Crippen molar-refractivity contribution < 1.29 is 9.15 Å². The van der Waals surface area contributed by atoms with E-state index in [9.17, 15) is 0 Å². The minimum atomic E-state index is 0.454. The molecular weight excluding hydrogens is 166 g/mol. The lowest BCUT2D eigenvalue weighted by Crippen LogP contribution is -2.21. The van der Waals surface area contributed by atoms with Gasteiger partial charge in [-0.05, 0) is 25.3 Å². The average Bonchev–Trinajstić information content (AvgIpc) is 2.49. The third kappa shape index (κ3) is 1.92. The smallest absolute Gasteiger partial charge is 0.133 e. The van der Waals surface area contributed by atoms with Crippen LogP contribution in [0.15, 0.2) is 16.7 Å². The first-order valence-electron chi connectivity index (χ1n) is 4.77. The van der Waals surface area contributed by atoms with E-state index < -0.39 is 0 Å². The van der Waals surface area contributed by atoms with Crippen LogP contribution < -0.4 is 5.73 Å². The molecular formula is C10H15NO2. The Labute approximate surface area is 77.9 Å². The molecule has 0 atom stereocenters. The monoisotopic (exact) mass is 181 g/mol. The van der Waals surface area contributed by atoms with Gasteiger partial charge in [-0.3, -0.25) is 0 Å². The number of rotatable bonds is 4. The van der Waals surface area contributed by atoms with Gasteiger partial charge in [0.05, 0.1) is 12.4 Å². The first kappa shape index (κ1) is 8.78. The van der Waals surface area contributed by atoms with E-state index in [2.05, 4.69) is 0 Å². The molecule has 0 aromatic carbocycles. The molecule has 1 fully saturated rings. The summed E-state index contributed by atoms with van der Waals surface area (Å²) in [6.45, 7) is 1.10. The molecule has 1 heterocycles. The van der Waals surface area contributed by atoms with E-state index >= 15 is 0 Å². The van der Waals surface area contributed by atoms with Crippen molar-refractivity contribution in [2.75, 3.05) is 0 Å². The SMILES string of the molecule is NCc1ccoc1COC1CCC1. The number of hydrogen-bond acceptors (Lipinski definition) is 3. The van der Waals surface area contributed by atoms with Crippen LogP contribution in [0.4, 0.5) is 0 Å². The second kappa shape index (κ2) is 3.94. The molecule has 3 nitrogen and oxygen atoms in total. The molecule has 0 spiro atoms. The minimum absolute atomic E-state index is 0.454. The maximum absolute atomic E-state index is 5.62. The predicted octanol–water partition coefficient (Wildman–Crippen LogP) is 1.81. The van der Waals surface area contributed by atoms with E-state index in [1.54, 1.807) is 6.26 Å². The van der Waals surface area contributed by atoms with Gasteiger partial charge in [-0.25, -0.2) is 0 Å². The molecule has 1 aromatic heterocycles. The zero-order valence-electron chi connectivity index (χ0n) is 7.66. The molecule has 0 saturated heterocycles. The van der Waals surface area contributed by atoms with Crippen molar-refractivity contribution >= 4 is 0 Å². The highest BCUT2D eigenvalue weighted by molar-refractivity contribution is 5.15. The molecule has 0 amide bonds. The van der Waals surface area contributed by atoms with Crippen molar-refractivity contribution in [3.8, 4) is 0 Å². The summed E-state index contributed by atoms with van der Waals surface area (Å²) in [7, 11) is 0. The fourth-order valence-corrected chi connectivity index (χ4v) is 1.41. The average molecular weight is 181 g/mol. The van der Waals surface area contributed by atoms with Crippen LogP contribution in [0.3, 0.4) is 0 Å².